The van der Waals surface area contributed by atoms with E-state index in [-0.39, 0.29) is 9.77 Å². The van der Waals surface area contributed by atoms with Crippen molar-refractivity contribution >= 4 is 48.9 Å². The van der Waals surface area contributed by atoms with E-state index in [0.717, 1.165) is 15.8 Å². The van der Waals surface area contributed by atoms with Gasteiger partial charge in [-0.3, -0.25) is 4.72 Å². The van der Waals surface area contributed by atoms with Crippen molar-refractivity contribution in [2.45, 2.75) is 11.8 Å². The Morgan fingerprint density at radius 3 is 2.71 bits per heavy atom. The van der Waals surface area contributed by atoms with Gasteiger partial charge in [0.25, 0.3) is 10.0 Å². The van der Waals surface area contributed by atoms with Crippen LogP contribution in [-0.4, -0.2) is 21.5 Å². The Kier molecular flexibility index (Phi) is 4.70. The first-order valence-corrected chi connectivity index (χ1v) is 8.95. The average Bonchev–Trinajstić information content (AvgIpc) is 2.80. The summed E-state index contributed by atoms with van der Waals surface area (Å²) in [5, 5.41) is 1.61. The zero-order valence-corrected chi connectivity index (χ0v) is 14.4. The summed E-state index contributed by atoms with van der Waals surface area (Å²) in [7, 11) is -2.65. The number of ether oxygens (including phenoxy) is 1. The summed E-state index contributed by atoms with van der Waals surface area (Å²) in [6.45, 7) is 1.64. The van der Waals surface area contributed by atoms with Crippen LogP contribution in [0.2, 0.25) is 0 Å². The minimum absolute atomic E-state index is 0.0423. The van der Waals surface area contributed by atoms with Gasteiger partial charge in [-0.05, 0) is 36.1 Å². The summed E-state index contributed by atoms with van der Waals surface area (Å²) < 4.78 is 32.9. The molecular weight excluding hydrogens is 378 g/mol. The number of benzene rings is 1. The van der Waals surface area contributed by atoms with Crippen LogP contribution in [0.4, 0.5) is 5.69 Å². The van der Waals surface area contributed by atoms with Gasteiger partial charge >= 0.3 is 5.97 Å². The van der Waals surface area contributed by atoms with E-state index in [1.165, 1.54) is 7.11 Å². The molecule has 0 atom stereocenters. The van der Waals surface area contributed by atoms with Crippen LogP contribution in [0.3, 0.4) is 0 Å². The molecule has 1 heterocycles. The molecule has 1 aromatic heterocycles. The molecule has 1 N–H and O–H groups in total. The van der Waals surface area contributed by atoms with Gasteiger partial charge in [0.1, 0.15) is 9.77 Å². The molecule has 0 fully saturated rings. The van der Waals surface area contributed by atoms with E-state index >= 15 is 0 Å². The fourth-order valence-corrected chi connectivity index (χ4v) is 4.92. The fourth-order valence-electron chi connectivity index (χ4n) is 1.76. The third-order valence-corrected chi connectivity index (χ3v) is 5.90. The largest absolute Gasteiger partial charge is 0.465 e. The van der Waals surface area contributed by atoms with Gasteiger partial charge in [-0.25, -0.2) is 13.2 Å². The Balaban J connectivity index is 2.45. The topological polar surface area (TPSA) is 72.5 Å². The highest BCUT2D eigenvalue weighted by molar-refractivity contribution is 9.10. The molecule has 8 heteroatoms. The molecule has 0 saturated heterocycles. The lowest BCUT2D eigenvalue weighted by Gasteiger charge is -2.09. The third-order valence-electron chi connectivity index (χ3n) is 2.63. The number of carbonyl (C=O) groups is 1. The molecule has 0 bridgehead atoms. The molecule has 0 amide bonds. The molecule has 0 aliphatic rings. The SMILES string of the molecule is COC(=O)c1scc(C)c1S(=O)(=O)Nc1cccc(Br)c1. The van der Waals surface area contributed by atoms with Crippen molar-refractivity contribution in [3.63, 3.8) is 0 Å². The lowest BCUT2D eigenvalue weighted by Crippen LogP contribution is -2.16. The standard InChI is InChI=1S/C13H12BrNO4S2/c1-8-7-20-11(13(16)19-2)12(8)21(17,18)15-10-5-3-4-9(14)6-10/h3-7,15H,1-2H3. The Morgan fingerprint density at radius 1 is 1.38 bits per heavy atom. The Hall–Kier alpha value is -1.38. The number of nitrogens with one attached hydrogen (secondary N) is 1. The molecule has 0 saturated carbocycles. The second-order valence-corrected chi connectivity index (χ2v) is 7.60. The number of thiophene rings is 1. The highest BCUT2D eigenvalue weighted by Crippen LogP contribution is 2.29. The number of halogens is 1. The maximum atomic E-state index is 12.5. The van der Waals surface area contributed by atoms with Gasteiger partial charge in [-0.1, -0.05) is 22.0 Å². The molecule has 0 spiro atoms. The van der Waals surface area contributed by atoms with Crippen molar-refractivity contribution < 1.29 is 17.9 Å². The second-order valence-electron chi connectivity index (χ2n) is 4.18. The number of sulfonamides is 1. The van der Waals surface area contributed by atoms with Crippen molar-refractivity contribution in [2.24, 2.45) is 0 Å². The normalized spacial score (nSPS) is 11.2. The van der Waals surface area contributed by atoms with Crippen LogP contribution >= 0.6 is 27.3 Å². The van der Waals surface area contributed by atoms with Gasteiger partial charge in [-0.2, -0.15) is 0 Å². The van der Waals surface area contributed by atoms with Crippen LogP contribution in [0, 0.1) is 6.92 Å². The summed E-state index contributed by atoms with van der Waals surface area (Å²) in [4.78, 5) is 11.7. The van der Waals surface area contributed by atoms with E-state index in [0.29, 0.717) is 11.3 Å². The molecule has 0 unspecified atom stereocenters. The minimum Gasteiger partial charge on any atom is -0.465 e. The molecule has 112 valence electrons. The Morgan fingerprint density at radius 2 is 2.10 bits per heavy atom. The molecule has 2 aromatic rings. The molecule has 1 aromatic carbocycles. The summed E-state index contributed by atoms with van der Waals surface area (Å²) in [6, 6.07) is 6.76. The van der Waals surface area contributed by atoms with Crippen LogP contribution in [0.1, 0.15) is 15.2 Å². The molecule has 21 heavy (non-hydrogen) atoms. The predicted molar refractivity (Wildman–Crippen MR) is 85.3 cm³/mol. The summed E-state index contributed by atoms with van der Waals surface area (Å²) in [5.74, 6) is -0.664. The number of aryl methyl sites for hydroxylation is 1. The third kappa shape index (κ3) is 3.45. The van der Waals surface area contributed by atoms with E-state index in [1.54, 1.807) is 36.6 Å². The monoisotopic (exact) mass is 389 g/mol. The van der Waals surface area contributed by atoms with Gasteiger partial charge in [-0.15, -0.1) is 11.3 Å². The van der Waals surface area contributed by atoms with Gasteiger partial charge in [0.15, 0.2) is 0 Å². The Labute approximate surface area is 135 Å². The van der Waals surface area contributed by atoms with Gasteiger partial charge in [0.2, 0.25) is 0 Å². The zero-order valence-electron chi connectivity index (χ0n) is 11.2. The Bertz CT molecular complexity index is 783. The van der Waals surface area contributed by atoms with E-state index in [9.17, 15) is 13.2 Å². The van der Waals surface area contributed by atoms with E-state index in [2.05, 4.69) is 25.4 Å². The highest BCUT2D eigenvalue weighted by Gasteiger charge is 2.27. The van der Waals surface area contributed by atoms with E-state index < -0.39 is 16.0 Å². The van der Waals surface area contributed by atoms with Crippen molar-refractivity contribution in [1.82, 2.24) is 0 Å². The lowest BCUT2D eigenvalue weighted by molar-refractivity contribution is 0.0602. The van der Waals surface area contributed by atoms with Crippen LogP contribution < -0.4 is 4.72 Å². The van der Waals surface area contributed by atoms with Crippen LogP contribution in [0.5, 0.6) is 0 Å². The van der Waals surface area contributed by atoms with E-state index in [1.807, 2.05) is 0 Å². The van der Waals surface area contributed by atoms with Gasteiger partial charge in [0.05, 0.1) is 7.11 Å². The zero-order chi connectivity index (χ0) is 15.6. The number of rotatable bonds is 4. The maximum Gasteiger partial charge on any atom is 0.349 e. The number of methoxy groups -OCH3 is 1. The molecule has 5 nitrogen and oxygen atoms in total. The minimum atomic E-state index is -3.86. The van der Waals surface area contributed by atoms with Crippen molar-refractivity contribution in [3.05, 3.63) is 44.6 Å². The summed E-state index contributed by atoms with van der Waals surface area (Å²) in [5.41, 5.74) is 0.911. The first-order chi connectivity index (χ1) is 9.85. The molecule has 2 rings (SSSR count). The van der Waals surface area contributed by atoms with Crippen molar-refractivity contribution in [2.75, 3.05) is 11.8 Å². The number of anilines is 1. The molecule has 0 aliphatic heterocycles. The number of carbonyl (C=O) groups excluding carboxylic acids is 1. The first-order valence-electron chi connectivity index (χ1n) is 5.80. The molecular formula is C13H12BrNO4S2. The van der Waals surface area contributed by atoms with E-state index in [4.69, 9.17) is 0 Å². The number of hydrogen-bond acceptors (Lipinski definition) is 5. The van der Waals surface area contributed by atoms with Crippen LogP contribution in [-0.2, 0) is 14.8 Å². The summed E-state index contributed by atoms with van der Waals surface area (Å²) in [6.07, 6.45) is 0. The lowest BCUT2D eigenvalue weighted by atomic mass is 10.3. The van der Waals surface area contributed by atoms with Gasteiger partial charge < -0.3 is 4.74 Å². The average molecular weight is 390 g/mol. The van der Waals surface area contributed by atoms with Gasteiger partial charge in [0, 0.05) is 10.2 Å². The summed E-state index contributed by atoms with van der Waals surface area (Å²) >= 11 is 4.32. The fraction of sp³-hybridized carbons (Fsp3) is 0.154. The smallest absolute Gasteiger partial charge is 0.349 e. The number of hydrogen-bond donors (Lipinski definition) is 1. The van der Waals surface area contributed by atoms with Crippen LogP contribution in [0.25, 0.3) is 0 Å². The quantitative estimate of drug-likeness (QED) is 0.813. The predicted octanol–water partition coefficient (Wildman–Crippen LogP) is 3.41. The molecule has 0 aliphatic carbocycles. The second kappa shape index (κ2) is 6.17. The maximum absolute atomic E-state index is 12.5. The highest BCUT2D eigenvalue weighted by atomic mass is 79.9. The van der Waals surface area contributed by atoms with Crippen LogP contribution in [0.15, 0.2) is 39.0 Å². The number of esters is 1. The first kappa shape index (κ1) is 16.0. The molecule has 0 radical (unpaired) electrons. The van der Waals surface area contributed by atoms with Crippen molar-refractivity contribution in [1.29, 1.82) is 0 Å². The van der Waals surface area contributed by atoms with Crippen molar-refractivity contribution in [3.8, 4) is 0 Å².